The molecule has 2 fully saturated rings. The van der Waals surface area contributed by atoms with E-state index in [4.69, 9.17) is 4.74 Å². The van der Waals surface area contributed by atoms with Crippen LogP contribution in [-0.2, 0) is 13.2 Å². The van der Waals surface area contributed by atoms with E-state index in [0.717, 1.165) is 23.6 Å². The zero-order chi connectivity index (χ0) is 29.5. The van der Waals surface area contributed by atoms with Gasteiger partial charge in [-0.05, 0) is 50.9 Å². The molecule has 12 heteroatoms. The standard InChI is InChI=1S/C29H31F4N5O3/c1-17-14-38(9-8-36(17)2)25-12-23(30)20(19-6-7-26(34-13-19)41-16-18-4-5-18)10-24(25)35-28(40)21-15-37(3)27(39)11-22(21)29(31,32)33/h6-7,10-13,15,17-18H,4-5,8-9,14,16H2,1-3H3,(H,35,40)/t17-/m1/s1. The van der Waals surface area contributed by atoms with Gasteiger partial charge in [-0.2, -0.15) is 13.2 Å². The number of pyridine rings is 2. The molecule has 1 aromatic carbocycles. The average Bonchev–Trinajstić information content (AvgIpc) is 3.75. The van der Waals surface area contributed by atoms with E-state index >= 15 is 4.39 Å². The number of hydrogen-bond donors (Lipinski definition) is 1. The van der Waals surface area contributed by atoms with Gasteiger partial charge < -0.3 is 24.4 Å². The van der Waals surface area contributed by atoms with Crippen molar-refractivity contribution in [1.82, 2.24) is 14.5 Å². The second-order valence-electron chi connectivity index (χ2n) is 10.8. The number of carbonyl (C=O) groups is 1. The molecule has 0 spiro atoms. The maximum atomic E-state index is 15.6. The summed E-state index contributed by atoms with van der Waals surface area (Å²) in [6.45, 7) is 4.28. The maximum Gasteiger partial charge on any atom is 0.417 e. The summed E-state index contributed by atoms with van der Waals surface area (Å²) in [4.78, 5) is 33.6. The number of aryl methyl sites for hydroxylation is 1. The highest BCUT2D eigenvalue weighted by molar-refractivity contribution is 6.07. The van der Waals surface area contributed by atoms with Crippen molar-refractivity contribution in [3.8, 4) is 17.0 Å². The van der Waals surface area contributed by atoms with Crippen molar-refractivity contribution in [2.45, 2.75) is 32.0 Å². The Morgan fingerprint density at radius 3 is 2.54 bits per heavy atom. The first-order valence-corrected chi connectivity index (χ1v) is 13.4. The van der Waals surface area contributed by atoms with E-state index in [9.17, 15) is 22.8 Å². The number of alkyl halides is 3. The molecule has 8 nitrogen and oxygen atoms in total. The van der Waals surface area contributed by atoms with Crippen molar-refractivity contribution >= 4 is 17.3 Å². The van der Waals surface area contributed by atoms with E-state index in [1.54, 1.807) is 12.1 Å². The summed E-state index contributed by atoms with van der Waals surface area (Å²) in [5, 5.41) is 2.58. The van der Waals surface area contributed by atoms with Crippen molar-refractivity contribution in [3.63, 3.8) is 0 Å². The summed E-state index contributed by atoms with van der Waals surface area (Å²) in [7, 11) is 3.23. The summed E-state index contributed by atoms with van der Waals surface area (Å²) in [5.74, 6) is -0.700. The Morgan fingerprint density at radius 2 is 1.90 bits per heavy atom. The highest BCUT2D eigenvalue weighted by atomic mass is 19.4. The lowest BCUT2D eigenvalue weighted by Crippen LogP contribution is -2.50. The van der Waals surface area contributed by atoms with Crippen molar-refractivity contribution in [2.24, 2.45) is 13.0 Å². The molecule has 218 valence electrons. The molecule has 1 aliphatic heterocycles. The third kappa shape index (κ3) is 6.37. The fourth-order valence-electron chi connectivity index (χ4n) is 4.76. The van der Waals surface area contributed by atoms with Crippen LogP contribution in [0.3, 0.4) is 0 Å². The Morgan fingerprint density at radius 1 is 1.15 bits per heavy atom. The van der Waals surface area contributed by atoms with Crippen LogP contribution in [0, 0.1) is 11.7 Å². The molecule has 0 bridgehead atoms. The minimum absolute atomic E-state index is 0.114. The molecule has 41 heavy (non-hydrogen) atoms. The van der Waals surface area contributed by atoms with E-state index in [-0.39, 0.29) is 17.3 Å². The van der Waals surface area contributed by atoms with E-state index < -0.39 is 34.6 Å². The summed E-state index contributed by atoms with van der Waals surface area (Å²) in [6.07, 6.45) is -0.371. The van der Waals surface area contributed by atoms with Crippen molar-refractivity contribution in [1.29, 1.82) is 0 Å². The van der Waals surface area contributed by atoms with Gasteiger partial charge in [0.2, 0.25) is 5.88 Å². The third-order valence-corrected chi connectivity index (χ3v) is 7.62. The number of rotatable bonds is 7. The van der Waals surface area contributed by atoms with Gasteiger partial charge in [0.15, 0.2) is 0 Å². The number of hydrogen-bond acceptors (Lipinski definition) is 6. The molecule has 3 heterocycles. The predicted molar refractivity (Wildman–Crippen MR) is 147 cm³/mol. The number of anilines is 2. The zero-order valence-corrected chi connectivity index (χ0v) is 23.0. The number of carbonyl (C=O) groups excluding carboxylic acids is 1. The summed E-state index contributed by atoms with van der Waals surface area (Å²) >= 11 is 0. The normalized spacial score (nSPS) is 17.9. The van der Waals surface area contributed by atoms with Crippen molar-refractivity contribution in [2.75, 3.05) is 43.5 Å². The third-order valence-electron chi connectivity index (χ3n) is 7.62. The largest absolute Gasteiger partial charge is 0.477 e. The van der Waals surface area contributed by atoms with Gasteiger partial charge >= 0.3 is 6.18 Å². The number of benzene rings is 1. The molecule has 1 N–H and O–H groups in total. The van der Waals surface area contributed by atoms with Gasteiger partial charge in [-0.15, -0.1) is 0 Å². The van der Waals surface area contributed by atoms with E-state index in [1.807, 2.05) is 18.9 Å². The summed E-state index contributed by atoms with van der Waals surface area (Å²) in [5.41, 5.74) is -1.96. The SMILES string of the molecule is C[C@@H]1CN(c2cc(F)c(-c3ccc(OCC4CC4)nc3)cc2NC(=O)c2cn(C)c(=O)cc2C(F)(F)F)CCN1C. The summed E-state index contributed by atoms with van der Waals surface area (Å²) < 4.78 is 63.5. The van der Waals surface area contributed by atoms with Crippen LogP contribution in [0.15, 0.2) is 47.5 Å². The van der Waals surface area contributed by atoms with E-state index in [2.05, 4.69) is 15.2 Å². The minimum Gasteiger partial charge on any atom is -0.477 e. The van der Waals surface area contributed by atoms with Crippen LogP contribution in [0.4, 0.5) is 28.9 Å². The molecule has 3 aromatic rings. The molecule has 2 aliphatic rings. The number of piperazine rings is 1. The second-order valence-corrected chi connectivity index (χ2v) is 10.8. The van der Waals surface area contributed by atoms with Crippen LogP contribution < -0.4 is 20.5 Å². The van der Waals surface area contributed by atoms with E-state index in [0.29, 0.717) is 55.4 Å². The Kier molecular flexibility index (Phi) is 7.78. The first-order chi connectivity index (χ1) is 19.4. The van der Waals surface area contributed by atoms with Crippen LogP contribution in [-0.4, -0.2) is 59.7 Å². The van der Waals surface area contributed by atoms with E-state index in [1.165, 1.54) is 25.4 Å². The average molecular weight is 574 g/mol. The monoisotopic (exact) mass is 573 g/mol. The Bertz CT molecular complexity index is 1500. The smallest absolute Gasteiger partial charge is 0.417 e. The molecule has 1 saturated carbocycles. The zero-order valence-electron chi connectivity index (χ0n) is 23.0. The van der Waals surface area contributed by atoms with Crippen molar-refractivity contribution in [3.05, 3.63) is 70.0 Å². The highest BCUT2D eigenvalue weighted by Gasteiger charge is 2.36. The molecule has 5 rings (SSSR count). The Hall–Kier alpha value is -3.93. The number of ether oxygens (including phenoxy) is 1. The Balaban J connectivity index is 1.53. The lowest BCUT2D eigenvalue weighted by Gasteiger charge is -2.39. The van der Waals surface area contributed by atoms with Gasteiger partial charge in [0.1, 0.15) is 5.82 Å². The van der Waals surface area contributed by atoms with Gasteiger partial charge in [-0.25, -0.2) is 9.37 Å². The minimum atomic E-state index is -4.93. The fraction of sp³-hybridized carbons (Fsp3) is 0.414. The number of aromatic nitrogens is 2. The van der Waals surface area contributed by atoms with Gasteiger partial charge in [0.05, 0.1) is 29.1 Å². The molecule has 0 unspecified atom stereocenters. The lowest BCUT2D eigenvalue weighted by atomic mass is 10.0. The molecule has 1 saturated heterocycles. The van der Waals surface area contributed by atoms with Crippen LogP contribution in [0.1, 0.15) is 35.7 Å². The first kappa shape index (κ1) is 28.6. The van der Waals surface area contributed by atoms with Gasteiger partial charge in [-0.3, -0.25) is 9.59 Å². The molecule has 1 aliphatic carbocycles. The molecule has 2 aromatic heterocycles. The van der Waals surface area contributed by atoms with Crippen LogP contribution in [0.25, 0.3) is 11.1 Å². The van der Waals surface area contributed by atoms with Gasteiger partial charge in [0, 0.05) is 68.4 Å². The number of nitrogens with zero attached hydrogens (tertiary/aromatic N) is 4. The Labute approximate surface area is 234 Å². The number of halogens is 4. The molecule has 0 radical (unpaired) electrons. The summed E-state index contributed by atoms with van der Waals surface area (Å²) in [6, 6.07) is 6.47. The van der Waals surface area contributed by atoms with Crippen LogP contribution >= 0.6 is 0 Å². The van der Waals surface area contributed by atoms with Crippen molar-refractivity contribution < 1.29 is 27.1 Å². The first-order valence-electron chi connectivity index (χ1n) is 13.4. The molecular weight excluding hydrogens is 542 g/mol. The second kappa shape index (κ2) is 11.2. The number of likely N-dealkylation sites (N-methyl/N-ethyl adjacent to an activating group) is 1. The number of nitrogens with one attached hydrogen (secondary N) is 1. The predicted octanol–water partition coefficient (Wildman–Crippen LogP) is 4.79. The van der Waals surface area contributed by atoms with Gasteiger partial charge in [-0.1, -0.05) is 0 Å². The van der Waals surface area contributed by atoms with Crippen LogP contribution in [0.5, 0.6) is 5.88 Å². The maximum absolute atomic E-state index is 15.6. The van der Waals surface area contributed by atoms with Crippen LogP contribution in [0.2, 0.25) is 0 Å². The fourth-order valence-corrected chi connectivity index (χ4v) is 4.76. The molecular formula is C29H31F4N5O3. The highest BCUT2D eigenvalue weighted by Crippen LogP contribution is 2.37. The number of amides is 1. The lowest BCUT2D eigenvalue weighted by molar-refractivity contribution is -0.138. The topological polar surface area (TPSA) is 79.7 Å². The molecule has 1 atom stereocenters. The molecule has 1 amide bonds. The van der Waals surface area contributed by atoms with Gasteiger partial charge in [0.25, 0.3) is 11.5 Å². The quantitative estimate of drug-likeness (QED) is 0.410.